The summed E-state index contributed by atoms with van der Waals surface area (Å²) >= 11 is 0. The van der Waals surface area contributed by atoms with Crippen molar-refractivity contribution in [1.29, 1.82) is 0 Å². The van der Waals surface area contributed by atoms with Gasteiger partial charge in [0.2, 0.25) is 5.91 Å². The lowest BCUT2D eigenvalue weighted by molar-refractivity contribution is -0.121. The van der Waals surface area contributed by atoms with Crippen LogP contribution in [-0.2, 0) is 11.2 Å². The van der Waals surface area contributed by atoms with E-state index in [4.69, 9.17) is 4.74 Å². The average molecular weight is 326 g/mol. The molecular formula is C19H22N2O3. The summed E-state index contributed by atoms with van der Waals surface area (Å²) in [6, 6.07) is 16.3. The molecule has 0 spiro atoms. The van der Waals surface area contributed by atoms with Crippen LogP contribution < -0.4 is 15.6 Å². The van der Waals surface area contributed by atoms with Crippen LogP contribution in [0.5, 0.6) is 5.75 Å². The number of ether oxygens (including phenoxy) is 1. The van der Waals surface area contributed by atoms with Crippen LogP contribution in [0.2, 0.25) is 0 Å². The monoisotopic (exact) mass is 326 g/mol. The van der Waals surface area contributed by atoms with Crippen LogP contribution in [0.15, 0.2) is 54.6 Å². The zero-order valence-electron chi connectivity index (χ0n) is 13.9. The number of para-hydroxylation sites is 1. The van der Waals surface area contributed by atoms with E-state index in [2.05, 4.69) is 10.9 Å². The van der Waals surface area contributed by atoms with Crippen molar-refractivity contribution >= 4 is 11.8 Å². The molecule has 5 nitrogen and oxygen atoms in total. The van der Waals surface area contributed by atoms with Crippen molar-refractivity contribution in [2.24, 2.45) is 5.92 Å². The summed E-state index contributed by atoms with van der Waals surface area (Å²) < 4.78 is 5.65. The molecule has 0 saturated heterocycles. The molecule has 0 aromatic heterocycles. The Morgan fingerprint density at radius 2 is 1.62 bits per heavy atom. The normalized spacial score (nSPS) is 10.3. The van der Waals surface area contributed by atoms with Gasteiger partial charge < -0.3 is 4.74 Å². The van der Waals surface area contributed by atoms with Crippen molar-refractivity contribution in [1.82, 2.24) is 10.9 Å². The first-order chi connectivity index (χ1) is 11.6. The zero-order chi connectivity index (χ0) is 17.4. The van der Waals surface area contributed by atoms with E-state index in [1.165, 1.54) is 0 Å². The molecule has 0 bridgehead atoms. The molecule has 0 aliphatic heterocycles. The minimum Gasteiger partial charge on any atom is -0.492 e. The predicted molar refractivity (Wildman–Crippen MR) is 92.5 cm³/mol. The fraction of sp³-hybridized carbons (Fsp3) is 0.263. The molecule has 2 aromatic rings. The minimum absolute atomic E-state index is 0.201. The molecule has 2 aromatic carbocycles. The molecule has 5 heteroatoms. The number of hydrogen-bond acceptors (Lipinski definition) is 3. The number of benzene rings is 2. The lowest BCUT2D eigenvalue weighted by atomic mass is 10.1. The van der Waals surface area contributed by atoms with Gasteiger partial charge in [0, 0.05) is 0 Å². The maximum atomic E-state index is 12.3. The number of rotatable bonds is 6. The third-order valence-electron chi connectivity index (χ3n) is 3.23. The maximum Gasteiger partial charge on any atom is 0.273 e. The molecule has 0 unspecified atom stereocenters. The fourth-order valence-electron chi connectivity index (χ4n) is 2.06. The van der Waals surface area contributed by atoms with Crippen molar-refractivity contribution in [3.05, 3.63) is 65.7 Å². The van der Waals surface area contributed by atoms with Crippen molar-refractivity contribution < 1.29 is 14.3 Å². The molecule has 0 atom stereocenters. The number of nitrogens with one attached hydrogen (secondary N) is 2. The molecule has 0 aliphatic rings. The molecule has 0 aliphatic carbocycles. The average Bonchev–Trinajstić information content (AvgIpc) is 2.59. The third kappa shape index (κ3) is 5.43. The Morgan fingerprint density at radius 3 is 2.33 bits per heavy atom. The van der Waals surface area contributed by atoms with E-state index in [1.54, 1.807) is 24.3 Å². The van der Waals surface area contributed by atoms with Gasteiger partial charge >= 0.3 is 0 Å². The van der Waals surface area contributed by atoms with Gasteiger partial charge in [0.1, 0.15) is 5.75 Å². The van der Waals surface area contributed by atoms with E-state index >= 15 is 0 Å². The number of hydrazine groups is 1. The first kappa shape index (κ1) is 17.5. The summed E-state index contributed by atoms with van der Waals surface area (Å²) in [6.45, 7) is 4.59. The molecule has 2 amide bonds. The van der Waals surface area contributed by atoms with Crippen LogP contribution in [0, 0.1) is 5.92 Å². The quantitative estimate of drug-likeness (QED) is 0.802. The molecule has 126 valence electrons. The van der Waals surface area contributed by atoms with Crippen LogP contribution in [0.25, 0.3) is 0 Å². The Hall–Kier alpha value is -2.82. The van der Waals surface area contributed by atoms with Crippen LogP contribution >= 0.6 is 0 Å². The Kier molecular flexibility index (Phi) is 6.37. The summed E-state index contributed by atoms with van der Waals surface area (Å²) in [7, 11) is 0. The van der Waals surface area contributed by atoms with Crippen molar-refractivity contribution in [2.45, 2.75) is 20.3 Å². The number of hydrogen-bond donors (Lipinski definition) is 2. The van der Waals surface area contributed by atoms with Gasteiger partial charge in [-0.2, -0.15) is 0 Å². The Morgan fingerprint density at radius 1 is 0.958 bits per heavy atom. The van der Waals surface area contributed by atoms with Gasteiger partial charge in [-0.05, 0) is 23.6 Å². The highest BCUT2D eigenvalue weighted by molar-refractivity contribution is 5.97. The highest BCUT2D eigenvalue weighted by Crippen LogP contribution is 2.18. The lowest BCUT2D eigenvalue weighted by Crippen LogP contribution is -2.42. The van der Waals surface area contributed by atoms with Crippen LogP contribution in [0.3, 0.4) is 0 Å². The molecule has 2 N–H and O–H groups in total. The van der Waals surface area contributed by atoms with E-state index in [0.29, 0.717) is 23.8 Å². The maximum absolute atomic E-state index is 12.3. The highest BCUT2D eigenvalue weighted by Gasteiger charge is 2.13. The summed E-state index contributed by atoms with van der Waals surface area (Å²) in [5.41, 5.74) is 6.12. The van der Waals surface area contributed by atoms with Crippen molar-refractivity contribution in [3.63, 3.8) is 0 Å². The zero-order valence-corrected chi connectivity index (χ0v) is 13.9. The number of amides is 2. The largest absolute Gasteiger partial charge is 0.492 e. The van der Waals surface area contributed by atoms with Gasteiger partial charge in [0.05, 0.1) is 18.6 Å². The summed E-state index contributed by atoms with van der Waals surface area (Å²) in [5.74, 6) is 0.165. The van der Waals surface area contributed by atoms with E-state index in [-0.39, 0.29) is 12.3 Å². The number of carbonyl (C=O) groups excluding carboxylic acids is 2. The summed E-state index contributed by atoms with van der Waals surface area (Å²) in [4.78, 5) is 24.2. The Labute approximate surface area is 142 Å². The Bertz CT molecular complexity index is 684. The third-order valence-corrected chi connectivity index (χ3v) is 3.23. The first-order valence-electron chi connectivity index (χ1n) is 7.91. The molecule has 0 radical (unpaired) electrons. The molecule has 2 rings (SSSR count). The number of carbonyl (C=O) groups is 2. The molecular weight excluding hydrogens is 304 g/mol. The van der Waals surface area contributed by atoms with Gasteiger partial charge in [-0.25, -0.2) is 0 Å². The van der Waals surface area contributed by atoms with Gasteiger partial charge in [-0.15, -0.1) is 0 Å². The highest BCUT2D eigenvalue weighted by atomic mass is 16.5. The van der Waals surface area contributed by atoms with E-state index in [9.17, 15) is 9.59 Å². The van der Waals surface area contributed by atoms with Crippen molar-refractivity contribution in [2.75, 3.05) is 6.61 Å². The molecule has 0 saturated carbocycles. The van der Waals surface area contributed by atoms with E-state index in [0.717, 1.165) is 5.56 Å². The first-order valence-corrected chi connectivity index (χ1v) is 7.91. The fourth-order valence-corrected chi connectivity index (χ4v) is 2.06. The van der Waals surface area contributed by atoms with Gasteiger partial charge in [-0.1, -0.05) is 56.3 Å². The van der Waals surface area contributed by atoms with Crippen LogP contribution in [0.4, 0.5) is 0 Å². The molecule has 0 heterocycles. The summed E-state index contributed by atoms with van der Waals surface area (Å²) in [6.07, 6.45) is 0.201. The topological polar surface area (TPSA) is 67.4 Å². The molecule has 24 heavy (non-hydrogen) atoms. The van der Waals surface area contributed by atoms with Crippen LogP contribution in [-0.4, -0.2) is 18.4 Å². The second-order valence-corrected chi connectivity index (χ2v) is 5.87. The van der Waals surface area contributed by atoms with Gasteiger partial charge in [0.25, 0.3) is 5.91 Å². The van der Waals surface area contributed by atoms with E-state index in [1.807, 2.05) is 44.2 Å². The SMILES string of the molecule is CC(C)COc1ccccc1C(=O)NNC(=O)Cc1ccccc1. The molecule has 0 fully saturated rings. The second kappa shape index (κ2) is 8.72. The lowest BCUT2D eigenvalue weighted by Gasteiger charge is -2.13. The minimum atomic E-state index is -0.407. The van der Waals surface area contributed by atoms with Crippen molar-refractivity contribution in [3.8, 4) is 5.75 Å². The van der Waals surface area contributed by atoms with Gasteiger partial charge in [0.15, 0.2) is 0 Å². The van der Waals surface area contributed by atoms with Gasteiger partial charge in [-0.3, -0.25) is 20.4 Å². The second-order valence-electron chi connectivity index (χ2n) is 5.87. The summed E-state index contributed by atoms with van der Waals surface area (Å²) in [5, 5.41) is 0. The Balaban J connectivity index is 1.91. The van der Waals surface area contributed by atoms with Crippen LogP contribution in [0.1, 0.15) is 29.8 Å². The van der Waals surface area contributed by atoms with E-state index < -0.39 is 5.91 Å². The standard InChI is InChI=1S/C19H22N2O3/c1-14(2)13-24-17-11-7-6-10-16(17)19(23)21-20-18(22)12-15-8-4-3-5-9-15/h3-11,14H,12-13H2,1-2H3,(H,20,22)(H,21,23). The smallest absolute Gasteiger partial charge is 0.273 e. The predicted octanol–water partition coefficient (Wildman–Crippen LogP) is 2.73.